The fourth-order valence-electron chi connectivity index (χ4n) is 1.77. The minimum Gasteiger partial charge on any atom is -0.300 e. The van der Waals surface area contributed by atoms with E-state index in [-0.39, 0.29) is 11.5 Å². The molecule has 2 aromatic carbocycles. The highest BCUT2D eigenvalue weighted by molar-refractivity contribution is 6.09. The molecule has 2 aromatic rings. The molecule has 120 valence electrons. The number of ketones is 2. The van der Waals surface area contributed by atoms with Crippen LogP contribution in [0.2, 0.25) is 0 Å². The molecule has 2 rings (SSSR count). The van der Waals surface area contributed by atoms with Crippen LogP contribution in [-0.2, 0) is 4.79 Å². The molecule has 0 atom stereocenters. The molecule has 23 heavy (non-hydrogen) atoms. The van der Waals surface area contributed by atoms with Crippen LogP contribution in [0, 0.1) is 10.1 Å². The van der Waals surface area contributed by atoms with Gasteiger partial charge in [-0.3, -0.25) is 19.7 Å². The van der Waals surface area contributed by atoms with Crippen LogP contribution in [0.4, 0.5) is 5.69 Å². The normalized spacial score (nSPS) is 9.48. The smallest absolute Gasteiger partial charge is 0.270 e. The Morgan fingerprint density at radius 2 is 1.48 bits per heavy atom. The van der Waals surface area contributed by atoms with Crippen molar-refractivity contribution in [3.8, 4) is 0 Å². The van der Waals surface area contributed by atoms with Gasteiger partial charge in [-0.05, 0) is 0 Å². The molecule has 0 unspecified atom stereocenters. The molecule has 0 fully saturated rings. The molecule has 0 aliphatic heterocycles. The molecular weight excluding hydrogens is 294 g/mol. The number of nitrogens with zero attached hydrogens (tertiary/aromatic N) is 1. The minimum atomic E-state index is -0.512. The Balaban J connectivity index is 0.000000379. The standard InChI is InChI=1S/C13H9NO3.C5H10O/c15-13(10-5-2-1-3-6-10)11-7-4-8-12(9-11)14(16)17;1-3-5(6)4-2/h1-9H;3-4H2,1-2H3. The summed E-state index contributed by atoms with van der Waals surface area (Å²) in [6, 6.07) is 14.4. The van der Waals surface area contributed by atoms with E-state index in [1.54, 1.807) is 30.3 Å². The summed E-state index contributed by atoms with van der Waals surface area (Å²) in [7, 11) is 0. The fourth-order valence-corrected chi connectivity index (χ4v) is 1.77. The third-order valence-electron chi connectivity index (χ3n) is 3.14. The molecule has 0 saturated carbocycles. The third-order valence-corrected chi connectivity index (χ3v) is 3.14. The van der Waals surface area contributed by atoms with Gasteiger partial charge in [-0.2, -0.15) is 0 Å². The molecule has 0 spiro atoms. The van der Waals surface area contributed by atoms with Crippen LogP contribution < -0.4 is 0 Å². The maximum Gasteiger partial charge on any atom is 0.270 e. The fraction of sp³-hybridized carbons (Fsp3) is 0.222. The van der Waals surface area contributed by atoms with Crippen molar-refractivity contribution in [2.24, 2.45) is 0 Å². The predicted octanol–water partition coefficient (Wildman–Crippen LogP) is 4.20. The van der Waals surface area contributed by atoms with Gasteiger partial charge in [0.25, 0.3) is 5.69 Å². The molecular formula is C18H19NO4. The number of hydrogen-bond acceptors (Lipinski definition) is 4. The lowest BCUT2D eigenvalue weighted by atomic mass is 10.0. The average Bonchev–Trinajstić information content (AvgIpc) is 2.61. The summed E-state index contributed by atoms with van der Waals surface area (Å²) in [4.78, 5) is 32.3. The number of hydrogen-bond donors (Lipinski definition) is 0. The Kier molecular flexibility index (Phi) is 7.33. The largest absolute Gasteiger partial charge is 0.300 e. The SMILES string of the molecule is CCC(=O)CC.O=C(c1ccccc1)c1cccc([N+](=O)[O-])c1. The zero-order valence-electron chi connectivity index (χ0n) is 13.2. The van der Waals surface area contributed by atoms with Gasteiger partial charge in [0.1, 0.15) is 5.78 Å². The van der Waals surface area contributed by atoms with E-state index < -0.39 is 4.92 Å². The van der Waals surface area contributed by atoms with Crippen molar-refractivity contribution >= 4 is 17.3 Å². The Morgan fingerprint density at radius 1 is 0.913 bits per heavy atom. The Labute approximate surface area is 135 Å². The maximum atomic E-state index is 12.0. The van der Waals surface area contributed by atoms with Crippen LogP contribution in [0.5, 0.6) is 0 Å². The van der Waals surface area contributed by atoms with Gasteiger partial charge in [-0.15, -0.1) is 0 Å². The van der Waals surface area contributed by atoms with E-state index in [2.05, 4.69) is 0 Å². The highest BCUT2D eigenvalue weighted by Gasteiger charge is 2.12. The zero-order valence-corrected chi connectivity index (χ0v) is 13.2. The van der Waals surface area contributed by atoms with Gasteiger partial charge >= 0.3 is 0 Å². The molecule has 0 heterocycles. The van der Waals surface area contributed by atoms with Crippen LogP contribution in [0.15, 0.2) is 54.6 Å². The number of non-ortho nitro benzene ring substituents is 1. The molecule has 0 bridgehead atoms. The second-order valence-corrected chi connectivity index (χ2v) is 4.75. The van der Waals surface area contributed by atoms with Gasteiger partial charge in [0.05, 0.1) is 4.92 Å². The summed E-state index contributed by atoms with van der Waals surface area (Å²) in [5.41, 5.74) is 0.769. The monoisotopic (exact) mass is 313 g/mol. The number of Topliss-reactive ketones (excluding diaryl/α,β-unsaturated/α-hetero) is 1. The number of carbonyl (C=O) groups is 2. The Hall–Kier alpha value is -2.82. The van der Waals surface area contributed by atoms with Crippen LogP contribution in [-0.4, -0.2) is 16.5 Å². The highest BCUT2D eigenvalue weighted by atomic mass is 16.6. The van der Waals surface area contributed by atoms with E-state index in [0.29, 0.717) is 29.8 Å². The topological polar surface area (TPSA) is 77.3 Å². The first-order chi connectivity index (χ1) is 11.0. The van der Waals surface area contributed by atoms with Gasteiger partial charge in [0.15, 0.2) is 5.78 Å². The Morgan fingerprint density at radius 3 is 1.96 bits per heavy atom. The van der Waals surface area contributed by atoms with Gasteiger partial charge in [0.2, 0.25) is 0 Å². The first-order valence-electron chi connectivity index (χ1n) is 7.35. The summed E-state index contributed by atoms with van der Waals surface area (Å²) >= 11 is 0. The summed E-state index contributed by atoms with van der Waals surface area (Å²) in [5.74, 6) is 0.129. The maximum absolute atomic E-state index is 12.0. The lowest BCUT2D eigenvalue weighted by molar-refractivity contribution is -0.384. The quantitative estimate of drug-likeness (QED) is 0.471. The van der Waals surface area contributed by atoms with E-state index in [9.17, 15) is 19.7 Å². The van der Waals surface area contributed by atoms with Gasteiger partial charge in [0, 0.05) is 36.1 Å². The van der Waals surface area contributed by atoms with E-state index in [0.717, 1.165) is 0 Å². The van der Waals surface area contributed by atoms with Crippen LogP contribution in [0.3, 0.4) is 0 Å². The van der Waals surface area contributed by atoms with Crippen molar-refractivity contribution in [3.63, 3.8) is 0 Å². The number of rotatable bonds is 5. The molecule has 0 aromatic heterocycles. The van der Waals surface area contributed by atoms with E-state index >= 15 is 0 Å². The second-order valence-electron chi connectivity index (χ2n) is 4.75. The van der Waals surface area contributed by atoms with Crippen LogP contribution in [0.25, 0.3) is 0 Å². The van der Waals surface area contributed by atoms with Crippen molar-refractivity contribution in [3.05, 3.63) is 75.8 Å². The number of nitro benzene ring substituents is 1. The van der Waals surface area contributed by atoms with Crippen molar-refractivity contribution in [2.75, 3.05) is 0 Å². The lowest BCUT2D eigenvalue weighted by Crippen LogP contribution is -2.01. The highest BCUT2D eigenvalue weighted by Crippen LogP contribution is 2.16. The first-order valence-corrected chi connectivity index (χ1v) is 7.35. The number of benzene rings is 2. The van der Waals surface area contributed by atoms with Gasteiger partial charge in [-0.25, -0.2) is 0 Å². The van der Waals surface area contributed by atoms with Crippen molar-refractivity contribution in [2.45, 2.75) is 26.7 Å². The minimum absolute atomic E-state index is 0.0771. The first kappa shape index (κ1) is 18.2. The van der Waals surface area contributed by atoms with Crippen molar-refractivity contribution in [1.29, 1.82) is 0 Å². The van der Waals surface area contributed by atoms with E-state index in [1.807, 2.05) is 19.9 Å². The molecule has 0 saturated heterocycles. The van der Waals surface area contributed by atoms with E-state index in [1.165, 1.54) is 18.2 Å². The van der Waals surface area contributed by atoms with Gasteiger partial charge < -0.3 is 0 Å². The lowest BCUT2D eigenvalue weighted by Gasteiger charge is -2.00. The summed E-state index contributed by atoms with van der Waals surface area (Å²) in [6.45, 7) is 3.76. The molecule has 0 radical (unpaired) electrons. The number of carbonyl (C=O) groups excluding carboxylic acids is 2. The van der Waals surface area contributed by atoms with Crippen LogP contribution >= 0.6 is 0 Å². The third kappa shape index (κ3) is 5.82. The van der Waals surface area contributed by atoms with Crippen molar-refractivity contribution in [1.82, 2.24) is 0 Å². The van der Waals surface area contributed by atoms with Crippen LogP contribution in [0.1, 0.15) is 42.6 Å². The predicted molar refractivity (Wildman–Crippen MR) is 88.6 cm³/mol. The zero-order chi connectivity index (χ0) is 17.2. The summed E-state index contributed by atoms with van der Waals surface area (Å²) in [5, 5.41) is 10.6. The second kappa shape index (κ2) is 9.25. The summed E-state index contributed by atoms with van der Waals surface area (Å²) in [6.07, 6.45) is 1.38. The molecule has 5 nitrogen and oxygen atoms in total. The van der Waals surface area contributed by atoms with Crippen molar-refractivity contribution < 1.29 is 14.5 Å². The van der Waals surface area contributed by atoms with Gasteiger partial charge in [-0.1, -0.05) is 56.3 Å². The Bertz CT molecular complexity index is 674. The molecule has 0 N–H and O–H groups in total. The molecule has 5 heteroatoms. The number of nitro groups is 1. The van der Waals surface area contributed by atoms with E-state index in [4.69, 9.17) is 0 Å². The molecule has 0 aliphatic carbocycles. The summed E-state index contributed by atoms with van der Waals surface area (Å²) < 4.78 is 0. The average molecular weight is 313 g/mol. The molecule has 0 aliphatic rings. The molecule has 0 amide bonds.